The molecule has 21 heteroatoms. The number of aromatic hydroxyl groups is 6. The van der Waals surface area contributed by atoms with Crippen molar-refractivity contribution in [3.8, 4) is 51.4 Å². The van der Waals surface area contributed by atoms with Crippen molar-refractivity contribution < 1.29 is 107 Å². The number of phenols is 6. The monoisotopic (exact) mass is 1070 g/mol. The molecule has 0 amide bonds. The summed E-state index contributed by atoms with van der Waals surface area (Å²) in [6.07, 6.45) is -1.21. The number of carbonyl (C=O) groups excluding carboxylic acids is 2. The summed E-state index contributed by atoms with van der Waals surface area (Å²) in [5.41, 5.74) is 1.76. The molecule has 1 aliphatic heterocycles. The summed E-state index contributed by atoms with van der Waals surface area (Å²) in [7, 11) is 1.52. The number of hydrogen-bond acceptors (Lipinski definition) is 17. The van der Waals surface area contributed by atoms with Gasteiger partial charge in [-0.2, -0.15) is 0 Å². The molecule has 0 saturated carbocycles. The fourth-order valence-electron chi connectivity index (χ4n) is 5.66. The molecule has 0 saturated heterocycles. The maximum absolute atomic E-state index is 13.0. The molecule has 334 valence electrons. The van der Waals surface area contributed by atoms with E-state index in [1.165, 1.54) is 13.2 Å². The second-order valence-corrected chi connectivity index (χ2v) is 16.8. The van der Waals surface area contributed by atoms with Crippen LogP contribution in [0, 0.1) is 13.8 Å². The van der Waals surface area contributed by atoms with Gasteiger partial charge in [-0.05, 0) is 74.9 Å². The summed E-state index contributed by atoms with van der Waals surface area (Å²) < 4.78 is 20.5. The molecule has 18 nitrogen and oxygen atoms in total. The van der Waals surface area contributed by atoms with Crippen LogP contribution < -0.4 is 21.8 Å². The number of cyclic esters (lactones) is 2. The van der Waals surface area contributed by atoms with E-state index in [1.807, 2.05) is 13.8 Å². The van der Waals surface area contributed by atoms with Gasteiger partial charge in [0.25, 0.3) is 0 Å². The molecule has 0 spiro atoms. The number of phenolic OH excluding ortho intramolecular Hbond substituents is 6. The number of hydrogen-bond donors (Lipinski definition) is 11. The molecule has 4 rings (SSSR count). The van der Waals surface area contributed by atoms with Crippen molar-refractivity contribution in [3.05, 3.63) is 52.1 Å². The number of halogens is 2. The van der Waals surface area contributed by atoms with E-state index in [-0.39, 0.29) is 48.8 Å². The number of methoxy groups -OCH3 is 1. The van der Waals surface area contributed by atoms with Gasteiger partial charge in [-0.15, -0.1) is 0 Å². The van der Waals surface area contributed by atoms with Crippen LogP contribution in [0.15, 0.2) is 24.3 Å². The number of carbonyl (C=O) groups is 3. The van der Waals surface area contributed by atoms with Crippen LogP contribution in [0.3, 0.4) is 0 Å². The number of aromatic carboxylic acids is 1. The fraction of sp³-hybridized carbons (Fsp3) is 0.462. The van der Waals surface area contributed by atoms with Crippen LogP contribution in [0.1, 0.15) is 95.6 Å². The second kappa shape index (κ2) is 24.4. The fourth-order valence-corrected chi connectivity index (χ4v) is 5.66. The van der Waals surface area contributed by atoms with Crippen LogP contribution in [0.25, 0.3) is 11.1 Å². The minimum atomic E-state index is -1.60. The van der Waals surface area contributed by atoms with Crippen molar-refractivity contribution in [1.82, 2.24) is 0 Å². The standard InChI is InChI=1S/C21H22O11.C11H14O4.C7H16O3.BI2/c1-3-21(30,4-2)12-7-31-19(28)8-5-10(22)15(24)17(26)13(8)14-9(20(29)32-12)6-11(23)16(25)18(14)27;1-7-4-9(11(12)13)5-10(8(7)2)15-6-14-3;1-3-7(10,4-2)6(9)5-8;1-3-2/h5-6,12,22-27,30H,3-4,7H2,1-2H3;4-5H,6H2,1-3H3,(H,12,13);6,8-10H,3-5H2,1-2H3;/q;;;-1/t12-;;6-;/m0.0./s1. The van der Waals surface area contributed by atoms with Crippen LogP contribution >= 0.6 is 18.6 Å². The first-order valence-electron chi connectivity index (χ1n) is 18.1. The Labute approximate surface area is 367 Å². The Balaban J connectivity index is 0.000000529. The van der Waals surface area contributed by atoms with Crippen LogP contribution in [-0.4, -0.2) is 130 Å². The molecule has 0 bridgehead atoms. The first-order chi connectivity index (χ1) is 28.0. The van der Waals surface area contributed by atoms with Gasteiger partial charge in [0.2, 0.25) is 11.5 Å². The van der Waals surface area contributed by atoms with Crippen LogP contribution in [0.4, 0.5) is 0 Å². The van der Waals surface area contributed by atoms with Crippen molar-refractivity contribution >= 4 is 42.2 Å². The van der Waals surface area contributed by atoms with E-state index >= 15 is 0 Å². The van der Waals surface area contributed by atoms with E-state index in [4.69, 9.17) is 40.0 Å². The van der Waals surface area contributed by atoms with Gasteiger partial charge in [0.05, 0.1) is 28.9 Å². The van der Waals surface area contributed by atoms with E-state index in [2.05, 4.69) is 18.6 Å². The molecular formula is C39H52BI2O18-. The average molecular weight is 1070 g/mol. The number of fused-ring (bicyclic) bond motifs is 3. The van der Waals surface area contributed by atoms with Crippen molar-refractivity contribution in [2.24, 2.45) is 0 Å². The van der Waals surface area contributed by atoms with Gasteiger partial charge in [-0.3, -0.25) is 0 Å². The number of aliphatic hydroxyl groups excluding tert-OH is 2. The number of rotatable bonds is 11. The number of benzene rings is 3. The number of aryl methyl sites for hydroxylation is 1. The van der Waals surface area contributed by atoms with E-state index in [9.17, 15) is 55.2 Å². The predicted octanol–water partition coefficient (Wildman–Crippen LogP) is 1.22. The molecule has 3 aromatic carbocycles. The molecular weight excluding hydrogens is 1020 g/mol. The summed E-state index contributed by atoms with van der Waals surface area (Å²) in [6.45, 7) is 9.67. The summed E-state index contributed by atoms with van der Waals surface area (Å²) in [4.78, 5) is 36.6. The predicted molar refractivity (Wildman–Crippen MR) is 221 cm³/mol. The molecule has 0 fully saturated rings. The Morgan fingerprint density at radius 3 is 1.72 bits per heavy atom. The van der Waals surface area contributed by atoms with Crippen molar-refractivity contribution in [2.45, 2.75) is 90.6 Å². The van der Waals surface area contributed by atoms with Gasteiger partial charge in [0.1, 0.15) is 24.1 Å². The van der Waals surface area contributed by atoms with Crippen LogP contribution in [-0.2, 0) is 14.2 Å². The van der Waals surface area contributed by atoms with Gasteiger partial charge >= 0.3 is 59.2 Å². The van der Waals surface area contributed by atoms with Crippen LogP contribution in [0.5, 0.6) is 40.2 Å². The molecule has 3 aromatic rings. The first kappa shape index (κ1) is 54.0. The zero-order valence-electron chi connectivity index (χ0n) is 34.0. The summed E-state index contributed by atoms with van der Waals surface area (Å²) in [5.74, 6) is -9.00. The molecule has 0 unspecified atom stereocenters. The van der Waals surface area contributed by atoms with E-state index in [0.29, 0.717) is 18.6 Å². The molecule has 0 aliphatic carbocycles. The van der Waals surface area contributed by atoms with Gasteiger partial charge in [-0.25, -0.2) is 14.4 Å². The Bertz CT molecular complexity index is 1930. The second-order valence-electron chi connectivity index (χ2n) is 13.2. The van der Waals surface area contributed by atoms with Crippen LogP contribution in [0.2, 0.25) is 0 Å². The number of carboxylic acids is 1. The Morgan fingerprint density at radius 1 is 0.867 bits per heavy atom. The van der Waals surface area contributed by atoms with Crippen molar-refractivity contribution in [3.63, 3.8) is 0 Å². The van der Waals surface area contributed by atoms with E-state index in [0.717, 1.165) is 23.3 Å². The topological polar surface area (TPSA) is 311 Å². The Kier molecular flexibility index (Phi) is 22.0. The third kappa shape index (κ3) is 13.2. The molecule has 1 aliphatic rings. The van der Waals surface area contributed by atoms with E-state index in [1.54, 1.807) is 33.8 Å². The van der Waals surface area contributed by atoms with Gasteiger partial charge < -0.3 is 75.1 Å². The number of ether oxygens (including phenoxy) is 4. The maximum atomic E-state index is 13.0. The summed E-state index contributed by atoms with van der Waals surface area (Å²) in [6, 6.07) is 4.58. The molecule has 60 heavy (non-hydrogen) atoms. The Morgan fingerprint density at radius 2 is 1.33 bits per heavy atom. The van der Waals surface area contributed by atoms with Gasteiger partial charge in [0, 0.05) is 18.2 Å². The molecule has 2 atom stereocenters. The zero-order valence-corrected chi connectivity index (χ0v) is 38.3. The third-order valence-corrected chi connectivity index (χ3v) is 9.85. The number of aliphatic hydroxyl groups is 4. The average Bonchev–Trinajstić information content (AvgIpc) is 3.23. The zero-order chi connectivity index (χ0) is 46.3. The van der Waals surface area contributed by atoms with E-state index < -0.39 is 105 Å². The summed E-state index contributed by atoms with van der Waals surface area (Å²) >= 11 is 2.24. The van der Waals surface area contributed by atoms with Crippen molar-refractivity contribution in [1.29, 1.82) is 0 Å². The van der Waals surface area contributed by atoms with Crippen molar-refractivity contribution in [2.75, 3.05) is 27.1 Å². The number of carboxylic acid groups (broad SMARTS) is 1. The SMILES string of the molecule is CCC(O)(CC)[C@@H](O)CO.CCC(O)(CC)[C@@H]1COC(=O)c2cc(O)c(O)c(O)c2-c2c(cc(O)c(O)c2O)C(=O)O1.COCOc1cc(C(=O)O)cc(C)c1C.[B][I-]I. The molecule has 2 radical (unpaired) electrons. The molecule has 11 N–H and O–H groups in total. The van der Waals surface area contributed by atoms with Gasteiger partial charge in [0.15, 0.2) is 35.9 Å². The quantitative estimate of drug-likeness (QED) is 0.0423. The molecule has 1 heterocycles. The molecule has 0 aromatic heterocycles. The first-order valence-corrected chi connectivity index (χ1v) is 25.7. The number of esters is 2. The summed E-state index contributed by atoms with van der Waals surface area (Å²) in [5, 5.41) is 107. The third-order valence-electron chi connectivity index (χ3n) is 9.85. The van der Waals surface area contributed by atoms with Gasteiger partial charge in [-0.1, -0.05) is 27.7 Å². The Hall–Kier alpha value is -4.01. The normalized spacial score (nSPS) is 14.2. The minimum absolute atomic E-state index is 0.0600.